The minimum absolute atomic E-state index is 0.215. The minimum atomic E-state index is 0.215. The van der Waals surface area contributed by atoms with E-state index in [0.29, 0.717) is 6.04 Å². The molecule has 98 valence electrons. The van der Waals surface area contributed by atoms with Crippen LogP contribution in [0.3, 0.4) is 0 Å². The summed E-state index contributed by atoms with van der Waals surface area (Å²) < 4.78 is 1.80. The Kier molecular flexibility index (Phi) is 3.93. The van der Waals surface area contributed by atoms with Crippen molar-refractivity contribution in [3.05, 3.63) is 23.5 Å². The summed E-state index contributed by atoms with van der Waals surface area (Å²) in [6, 6.07) is 2.43. The Morgan fingerprint density at radius 2 is 2.28 bits per heavy atom. The van der Waals surface area contributed by atoms with Crippen molar-refractivity contribution in [2.45, 2.75) is 32.9 Å². The first kappa shape index (κ1) is 13.0. The summed E-state index contributed by atoms with van der Waals surface area (Å²) in [5, 5.41) is 17.7. The molecule has 0 radical (unpaired) electrons. The largest absolute Gasteiger partial charge is 0.396 e. The monoisotopic (exact) mass is 248 g/mol. The van der Waals surface area contributed by atoms with E-state index in [1.807, 2.05) is 20.2 Å². The summed E-state index contributed by atoms with van der Waals surface area (Å²) in [4.78, 5) is 4.44. The van der Waals surface area contributed by atoms with E-state index >= 15 is 0 Å². The van der Waals surface area contributed by atoms with Crippen LogP contribution in [0.2, 0.25) is 0 Å². The van der Waals surface area contributed by atoms with Crippen LogP contribution in [0.5, 0.6) is 0 Å². The Balaban J connectivity index is 2.12. The van der Waals surface area contributed by atoms with Crippen LogP contribution in [-0.4, -0.2) is 32.5 Å². The number of nitrogens with zero attached hydrogens (tertiary/aromatic N) is 3. The van der Waals surface area contributed by atoms with Gasteiger partial charge >= 0.3 is 0 Å². The SMILES string of the molecule is Cc1nn(C)c2ncc(CNC(C)CCO)cc12. The van der Waals surface area contributed by atoms with Gasteiger partial charge in [-0.1, -0.05) is 0 Å². The van der Waals surface area contributed by atoms with Gasteiger partial charge in [-0.25, -0.2) is 4.98 Å². The molecular formula is C13H20N4O. The second-order valence-electron chi connectivity index (χ2n) is 4.72. The molecule has 0 aliphatic rings. The number of nitrogens with one attached hydrogen (secondary N) is 1. The van der Waals surface area contributed by atoms with Crippen LogP contribution in [0.4, 0.5) is 0 Å². The fourth-order valence-electron chi connectivity index (χ4n) is 2.04. The minimum Gasteiger partial charge on any atom is -0.396 e. The maximum absolute atomic E-state index is 8.85. The molecule has 0 amide bonds. The first-order valence-electron chi connectivity index (χ1n) is 6.24. The summed E-state index contributed by atoms with van der Waals surface area (Å²) in [7, 11) is 1.91. The highest BCUT2D eigenvalue weighted by atomic mass is 16.3. The third-order valence-electron chi connectivity index (χ3n) is 3.14. The van der Waals surface area contributed by atoms with E-state index in [0.717, 1.165) is 35.3 Å². The van der Waals surface area contributed by atoms with Crippen molar-refractivity contribution >= 4 is 11.0 Å². The Hall–Kier alpha value is -1.46. The Bertz CT molecular complexity index is 535. The molecule has 1 unspecified atom stereocenters. The topological polar surface area (TPSA) is 63.0 Å². The van der Waals surface area contributed by atoms with Gasteiger partial charge in [0.15, 0.2) is 5.65 Å². The quantitative estimate of drug-likeness (QED) is 0.833. The van der Waals surface area contributed by atoms with Crippen molar-refractivity contribution < 1.29 is 5.11 Å². The smallest absolute Gasteiger partial charge is 0.157 e. The maximum atomic E-state index is 8.85. The number of pyridine rings is 1. The van der Waals surface area contributed by atoms with Crippen molar-refractivity contribution in [1.29, 1.82) is 0 Å². The molecule has 5 heteroatoms. The first-order valence-corrected chi connectivity index (χ1v) is 6.24. The van der Waals surface area contributed by atoms with Gasteiger partial charge in [-0.2, -0.15) is 5.10 Å². The van der Waals surface area contributed by atoms with Crippen molar-refractivity contribution in [2.75, 3.05) is 6.61 Å². The van der Waals surface area contributed by atoms with E-state index in [9.17, 15) is 0 Å². The van der Waals surface area contributed by atoms with E-state index in [2.05, 4.69) is 28.4 Å². The number of fused-ring (bicyclic) bond motifs is 1. The van der Waals surface area contributed by atoms with Gasteiger partial charge in [0.05, 0.1) is 5.69 Å². The Morgan fingerprint density at radius 3 is 3.00 bits per heavy atom. The Morgan fingerprint density at radius 1 is 1.50 bits per heavy atom. The zero-order chi connectivity index (χ0) is 13.1. The molecule has 2 heterocycles. The standard InChI is InChI=1S/C13H20N4O/c1-9(4-5-18)14-7-11-6-12-10(2)16-17(3)13(12)15-8-11/h6,8-9,14,18H,4-5,7H2,1-3H3. The lowest BCUT2D eigenvalue weighted by atomic mass is 10.2. The molecule has 2 aromatic rings. The third kappa shape index (κ3) is 2.68. The van der Waals surface area contributed by atoms with E-state index in [4.69, 9.17) is 5.11 Å². The van der Waals surface area contributed by atoms with E-state index in [1.54, 1.807) is 4.68 Å². The molecule has 2 N–H and O–H groups in total. The van der Waals surface area contributed by atoms with Crippen molar-refractivity contribution in [1.82, 2.24) is 20.1 Å². The average molecular weight is 248 g/mol. The Labute approximate surface area is 107 Å². The van der Waals surface area contributed by atoms with Crippen LogP contribution in [-0.2, 0) is 13.6 Å². The number of aliphatic hydroxyl groups is 1. The van der Waals surface area contributed by atoms with Gasteiger partial charge in [0.2, 0.25) is 0 Å². The molecule has 18 heavy (non-hydrogen) atoms. The molecule has 1 atom stereocenters. The van der Waals surface area contributed by atoms with Gasteiger partial charge in [0, 0.05) is 37.8 Å². The second-order valence-corrected chi connectivity index (χ2v) is 4.72. The zero-order valence-electron chi connectivity index (χ0n) is 11.1. The number of rotatable bonds is 5. The van der Waals surface area contributed by atoms with Gasteiger partial charge in [-0.15, -0.1) is 0 Å². The van der Waals surface area contributed by atoms with Crippen molar-refractivity contribution in [2.24, 2.45) is 7.05 Å². The maximum Gasteiger partial charge on any atom is 0.157 e. The highest BCUT2D eigenvalue weighted by Crippen LogP contribution is 2.16. The van der Waals surface area contributed by atoms with Crippen molar-refractivity contribution in [3.63, 3.8) is 0 Å². The van der Waals surface area contributed by atoms with Crippen LogP contribution in [0.1, 0.15) is 24.6 Å². The molecule has 0 saturated heterocycles. The summed E-state index contributed by atoms with van der Waals surface area (Å²) in [6.07, 6.45) is 2.64. The molecule has 5 nitrogen and oxygen atoms in total. The fraction of sp³-hybridized carbons (Fsp3) is 0.538. The predicted octanol–water partition coefficient (Wildman–Crippen LogP) is 1.14. The zero-order valence-corrected chi connectivity index (χ0v) is 11.1. The van der Waals surface area contributed by atoms with Crippen LogP contribution in [0, 0.1) is 6.92 Å². The third-order valence-corrected chi connectivity index (χ3v) is 3.14. The summed E-state index contributed by atoms with van der Waals surface area (Å²) in [5.74, 6) is 0. The summed E-state index contributed by atoms with van der Waals surface area (Å²) in [5.41, 5.74) is 3.06. The van der Waals surface area contributed by atoms with Gasteiger partial charge in [0.25, 0.3) is 0 Å². The molecule has 2 aromatic heterocycles. The summed E-state index contributed by atoms with van der Waals surface area (Å²) in [6.45, 7) is 5.04. The molecule has 0 aliphatic heterocycles. The van der Waals surface area contributed by atoms with Crippen molar-refractivity contribution in [3.8, 4) is 0 Å². The molecule has 0 saturated carbocycles. The highest BCUT2D eigenvalue weighted by molar-refractivity contribution is 5.78. The number of hydrogen-bond donors (Lipinski definition) is 2. The number of aliphatic hydroxyl groups excluding tert-OH is 1. The normalized spacial score (nSPS) is 13.1. The second kappa shape index (κ2) is 5.46. The lowest BCUT2D eigenvalue weighted by Gasteiger charge is -2.12. The molecule has 2 rings (SSSR count). The van der Waals surface area contributed by atoms with E-state index < -0.39 is 0 Å². The lowest BCUT2D eigenvalue weighted by Crippen LogP contribution is -2.26. The molecule has 0 bridgehead atoms. The van der Waals surface area contributed by atoms with Gasteiger partial charge in [-0.05, 0) is 31.9 Å². The molecular weight excluding hydrogens is 228 g/mol. The molecule has 0 spiro atoms. The summed E-state index contributed by atoms with van der Waals surface area (Å²) >= 11 is 0. The number of hydrogen-bond acceptors (Lipinski definition) is 4. The van der Waals surface area contributed by atoms with Crippen LogP contribution in [0.25, 0.3) is 11.0 Å². The van der Waals surface area contributed by atoms with Gasteiger partial charge in [-0.3, -0.25) is 4.68 Å². The van der Waals surface area contributed by atoms with E-state index in [1.165, 1.54) is 0 Å². The lowest BCUT2D eigenvalue weighted by molar-refractivity contribution is 0.268. The molecule has 0 aliphatic carbocycles. The highest BCUT2D eigenvalue weighted by Gasteiger charge is 2.07. The fourth-order valence-corrected chi connectivity index (χ4v) is 2.04. The average Bonchev–Trinajstić information content (AvgIpc) is 2.63. The van der Waals surface area contributed by atoms with Gasteiger partial charge in [0.1, 0.15) is 0 Å². The number of aromatic nitrogens is 3. The van der Waals surface area contributed by atoms with Crippen LogP contribution in [0.15, 0.2) is 12.3 Å². The van der Waals surface area contributed by atoms with Crippen LogP contribution < -0.4 is 5.32 Å². The van der Waals surface area contributed by atoms with Crippen LogP contribution >= 0.6 is 0 Å². The molecule has 0 fully saturated rings. The van der Waals surface area contributed by atoms with E-state index in [-0.39, 0.29) is 6.61 Å². The van der Waals surface area contributed by atoms with Gasteiger partial charge < -0.3 is 10.4 Å². The molecule has 0 aromatic carbocycles. The number of aryl methyl sites for hydroxylation is 2. The first-order chi connectivity index (χ1) is 8.61. The predicted molar refractivity (Wildman–Crippen MR) is 71.3 cm³/mol.